The van der Waals surface area contributed by atoms with Gasteiger partial charge in [0.1, 0.15) is 11.6 Å². The monoisotopic (exact) mass is 394 g/mol. The quantitative estimate of drug-likeness (QED) is 0.655. The van der Waals surface area contributed by atoms with E-state index in [0.29, 0.717) is 29.4 Å². The molecule has 0 radical (unpaired) electrons. The molecule has 0 bridgehead atoms. The minimum Gasteiger partial charge on any atom is -0.507 e. The van der Waals surface area contributed by atoms with E-state index in [1.54, 1.807) is 18.2 Å². The van der Waals surface area contributed by atoms with Crippen molar-refractivity contribution in [2.75, 3.05) is 13.1 Å². The zero-order chi connectivity index (χ0) is 21.0. The number of benzene rings is 2. The van der Waals surface area contributed by atoms with Crippen molar-refractivity contribution in [3.63, 3.8) is 0 Å². The number of phenols is 1. The minimum absolute atomic E-state index is 0.114. The van der Waals surface area contributed by atoms with Crippen LogP contribution in [0.4, 0.5) is 4.39 Å². The van der Waals surface area contributed by atoms with Crippen molar-refractivity contribution >= 4 is 0 Å². The first-order valence-corrected chi connectivity index (χ1v) is 10.5. The van der Waals surface area contributed by atoms with Gasteiger partial charge in [-0.25, -0.2) is 4.39 Å². The van der Waals surface area contributed by atoms with Gasteiger partial charge in [-0.3, -0.25) is 4.90 Å². The first-order chi connectivity index (χ1) is 13.8. The van der Waals surface area contributed by atoms with Crippen molar-refractivity contribution in [1.82, 2.24) is 4.90 Å². The van der Waals surface area contributed by atoms with E-state index in [1.165, 1.54) is 12.1 Å². The highest BCUT2D eigenvalue weighted by Gasteiger charge is 2.40. The second-order valence-corrected chi connectivity index (χ2v) is 8.87. The SMILES string of the molecule is CC(C)C(C)C1(CC#N)CCN(Cc2ccc(-c3cccc(F)c3)c(O)c2)CC1. The highest BCUT2D eigenvalue weighted by molar-refractivity contribution is 5.70. The Balaban J connectivity index is 1.68. The molecule has 3 nitrogen and oxygen atoms in total. The predicted molar refractivity (Wildman–Crippen MR) is 115 cm³/mol. The summed E-state index contributed by atoms with van der Waals surface area (Å²) < 4.78 is 13.5. The largest absolute Gasteiger partial charge is 0.507 e. The molecule has 0 saturated carbocycles. The van der Waals surface area contributed by atoms with Crippen LogP contribution >= 0.6 is 0 Å². The Hall–Kier alpha value is -2.38. The van der Waals surface area contributed by atoms with Gasteiger partial charge >= 0.3 is 0 Å². The van der Waals surface area contributed by atoms with Gasteiger partial charge in [0.25, 0.3) is 0 Å². The molecule has 0 spiro atoms. The van der Waals surface area contributed by atoms with Crippen LogP contribution in [0.2, 0.25) is 0 Å². The molecule has 1 heterocycles. The second-order valence-electron chi connectivity index (χ2n) is 8.87. The number of likely N-dealkylation sites (tertiary alicyclic amines) is 1. The topological polar surface area (TPSA) is 47.3 Å². The van der Waals surface area contributed by atoms with Gasteiger partial charge in [-0.05, 0) is 72.5 Å². The van der Waals surface area contributed by atoms with Crippen LogP contribution in [0.1, 0.15) is 45.6 Å². The Kier molecular flexibility index (Phi) is 6.59. The van der Waals surface area contributed by atoms with E-state index < -0.39 is 0 Å². The van der Waals surface area contributed by atoms with Gasteiger partial charge in [0.2, 0.25) is 0 Å². The average Bonchev–Trinajstić information content (AvgIpc) is 2.69. The molecule has 1 unspecified atom stereocenters. The molecule has 0 aliphatic carbocycles. The number of halogens is 1. The van der Waals surface area contributed by atoms with Gasteiger partial charge in [0.15, 0.2) is 0 Å². The molecule has 154 valence electrons. The fourth-order valence-electron chi connectivity index (χ4n) is 4.65. The maximum atomic E-state index is 13.5. The fourth-order valence-corrected chi connectivity index (χ4v) is 4.65. The van der Waals surface area contributed by atoms with Gasteiger partial charge in [-0.1, -0.05) is 45.0 Å². The summed E-state index contributed by atoms with van der Waals surface area (Å²) in [4.78, 5) is 2.40. The zero-order valence-electron chi connectivity index (χ0n) is 17.7. The van der Waals surface area contributed by atoms with Crippen molar-refractivity contribution in [3.05, 3.63) is 53.8 Å². The van der Waals surface area contributed by atoms with Crippen LogP contribution in [0.25, 0.3) is 11.1 Å². The van der Waals surface area contributed by atoms with Crippen molar-refractivity contribution in [2.24, 2.45) is 17.3 Å². The molecular formula is C25H31FN2O. The number of phenolic OH excluding ortho intramolecular Hbond substituents is 1. The zero-order valence-corrected chi connectivity index (χ0v) is 17.7. The molecule has 2 aromatic carbocycles. The van der Waals surface area contributed by atoms with E-state index in [2.05, 4.69) is 31.7 Å². The summed E-state index contributed by atoms with van der Waals surface area (Å²) in [5.74, 6) is 0.967. The van der Waals surface area contributed by atoms with Gasteiger partial charge in [-0.15, -0.1) is 0 Å². The highest BCUT2D eigenvalue weighted by atomic mass is 19.1. The summed E-state index contributed by atoms with van der Waals surface area (Å²) in [6, 6.07) is 14.4. The third-order valence-corrected chi connectivity index (χ3v) is 6.85. The summed E-state index contributed by atoms with van der Waals surface area (Å²) in [6.07, 6.45) is 2.70. The first kappa shape index (κ1) is 21.3. The molecule has 1 aliphatic rings. The molecule has 4 heteroatoms. The van der Waals surface area contributed by atoms with Crippen LogP contribution in [-0.4, -0.2) is 23.1 Å². The molecule has 29 heavy (non-hydrogen) atoms. The molecule has 0 amide bonds. The Labute approximate surface area is 173 Å². The summed E-state index contributed by atoms with van der Waals surface area (Å²) >= 11 is 0. The first-order valence-electron chi connectivity index (χ1n) is 10.5. The lowest BCUT2D eigenvalue weighted by atomic mass is 9.64. The minimum atomic E-state index is -0.309. The molecule has 3 rings (SSSR count). The number of aromatic hydroxyl groups is 1. The van der Waals surface area contributed by atoms with E-state index in [0.717, 1.165) is 38.0 Å². The van der Waals surface area contributed by atoms with Crippen LogP contribution in [-0.2, 0) is 6.54 Å². The van der Waals surface area contributed by atoms with Crippen molar-refractivity contribution in [1.29, 1.82) is 5.26 Å². The predicted octanol–water partition coefficient (Wildman–Crippen LogP) is 5.99. The maximum Gasteiger partial charge on any atom is 0.123 e. The number of hydrogen-bond donors (Lipinski definition) is 1. The maximum absolute atomic E-state index is 13.5. The number of piperidine rings is 1. The van der Waals surface area contributed by atoms with Crippen LogP contribution in [0.3, 0.4) is 0 Å². The van der Waals surface area contributed by atoms with Crippen LogP contribution in [0, 0.1) is 34.4 Å². The van der Waals surface area contributed by atoms with Gasteiger partial charge in [0, 0.05) is 18.5 Å². The Morgan fingerprint density at radius 3 is 2.45 bits per heavy atom. The van der Waals surface area contributed by atoms with E-state index in [1.807, 2.05) is 12.1 Å². The van der Waals surface area contributed by atoms with Crippen LogP contribution in [0.15, 0.2) is 42.5 Å². The Bertz CT molecular complexity index is 879. The number of hydrogen-bond acceptors (Lipinski definition) is 3. The van der Waals surface area contributed by atoms with E-state index in [9.17, 15) is 14.8 Å². The third-order valence-electron chi connectivity index (χ3n) is 6.85. The Morgan fingerprint density at radius 1 is 1.14 bits per heavy atom. The average molecular weight is 395 g/mol. The molecule has 1 saturated heterocycles. The molecule has 1 N–H and O–H groups in total. The van der Waals surface area contributed by atoms with Crippen molar-refractivity contribution < 1.29 is 9.50 Å². The number of rotatable bonds is 6. The van der Waals surface area contributed by atoms with Gasteiger partial charge < -0.3 is 5.11 Å². The summed E-state index contributed by atoms with van der Waals surface area (Å²) in [6.45, 7) is 9.49. The molecule has 1 aliphatic heterocycles. The Morgan fingerprint density at radius 2 is 1.86 bits per heavy atom. The summed E-state index contributed by atoms with van der Waals surface area (Å²) in [5, 5.41) is 19.8. The second kappa shape index (κ2) is 8.97. The fraction of sp³-hybridized carbons (Fsp3) is 0.480. The molecule has 2 aromatic rings. The van der Waals surface area contributed by atoms with E-state index in [-0.39, 0.29) is 17.0 Å². The summed E-state index contributed by atoms with van der Waals surface area (Å²) in [5.41, 5.74) is 2.48. The standard InChI is InChI=1S/C25H31FN2O/c1-18(2)19(3)25(9-12-27)10-13-28(14-11-25)17-20-7-8-23(24(29)15-20)21-5-4-6-22(26)16-21/h4-8,15-16,18-19,29H,9-11,13-14,17H2,1-3H3. The molecule has 0 aromatic heterocycles. The normalized spacial score (nSPS) is 17.8. The lowest BCUT2D eigenvalue weighted by molar-refractivity contribution is 0.0350. The highest BCUT2D eigenvalue weighted by Crippen LogP contribution is 2.45. The van der Waals surface area contributed by atoms with Crippen molar-refractivity contribution in [2.45, 2.75) is 46.6 Å². The van der Waals surface area contributed by atoms with E-state index in [4.69, 9.17) is 0 Å². The van der Waals surface area contributed by atoms with Gasteiger partial charge in [-0.2, -0.15) is 5.26 Å². The lowest BCUT2D eigenvalue weighted by Gasteiger charge is -2.46. The number of nitriles is 1. The van der Waals surface area contributed by atoms with E-state index >= 15 is 0 Å². The van der Waals surface area contributed by atoms with Gasteiger partial charge in [0.05, 0.1) is 6.07 Å². The molecule has 1 atom stereocenters. The lowest BCUT2D eigenvalue weighted by Crippen LogP contribution is -2.44. The van der Waals surface area contributed by atoms with Crippen LogP contribution < -0.4 is 0 Å². The summed E-state index contributed by atoms with van der Waals surface area (Å²) in [7, 11) is 0. The third kappa shape index (κ3) is 4.79. The molecule has 1 fully saturated rings. The smallest absolute Gasteiger partial charge is 0.123 e. The van der Waals surface area contributed by atoms with Crippen LogP contribution in [0.5, 0.6) is 5.75 Å². The number of nitrogens with zero attached hydrogens (tertiary/aromatic N) is 2. The van der Waals surface area contributed by atoms with Crippen molar-refractivity contribution in [3.8, 4) is 22.9 Å². The molecular weight excluding hydrogens is 363 g/mol.